The van der Waals surface area contributed by atoms with Crippen LogP contribution >= 0.6 is 0 Å². The first kappa shape index (κ1) is 15.5. The van der Waals surface area contributed by atoms with Crippen LogP contribution in [0.25, 0.3) is 0 Å². The highest BCUT2D eigenvalue weighted by Gasteiger charge is 2.22. The maximum Gasteiger partial charge on any atom is 0.222 e. The van der Waals surface area contributed by atoms with Gasteiger partial charge in [0.05, 0.1) is 0 Å². The zero-order valence-corrected chi connectivity index (χ0v) is 12.4. The Balaban J connectivity index is 2.32. The van der Waals surface area contributed by atoms with Gasteiger partial charge in [0.15, 0.2) is 0 Å². The lowest BCUT2D eigenvalue weighted by Gasteiger charge is -2.29. The number of carbonyl (C=O) groups is 1. The summed E-state index contributed by atoms with van der Waals surface area (Å²) in [6.07, 6.45) is 7.91. The largest absolute Gasteiger partial charge is 0.339 e. The average Bonchev–Trinajstić information content (AvgIpc) is 2.84. The highest BCUT2D eigenvalue weighted by atomic mass is 16.2. The van der Waals surface area contributed by atoms with Crippen molar-refractivity contribution in [2.45, 2.75) is 77.8 Å². The Labute approximate surface area is 112 Å². The number of rotatable bonds is 8. The lowest BCUT2D eigenvalue weighted by Crippen LogP contribution is -2.44. The fourth-order valence-corrected chi connectivity index (χ4v) is 2.60. The van der Waals surface area contributed by atoms with Crippen LogP contribution in [0.1, 0.15) is 65.7 Å². The van der Waals surface area contributed by atoms with Crippen LogP contribution in [-0.2, 0) is 4.79 Å². The molecule has 1 heterocycles. The molecule has 1 aliphatic rings. The molecule has 1 rings (SSSR count). The minimum Gasteiger partial charge on any atom is -0.339 e. The van der Waals surface area contributed by atoms with Crippen molar-refractivity contribution in [3.8, 4) is 0 Å². The van der Waals surface area contributed by atoms with Gasteiger partial charge in [-0.05, 0) is 39.7 Å². The fourth-order valence-electron chi connectivity index (χ4n) is 2.60. The Morgan fingerprint density at radius 2 is 2.11 bits per heavy atom. The lowest BCUT2D eigenvalue weighted by atomic mass is 10.1. The topological polar surface area (TPSA) is 32.3 Å². The molecule has 1 N–H and O–H groups in total. The van der Waals surface area contributed by atoms with E-state index in [-0.39, 0.29) is 0 Å². The number of carbonyl (C=O) groups excluding carboxylic acids is 1. The van der Waals surface area contributed by atoms with Crippen LogP contribution in [0.4, 0.5) is 0 Å². The first-order valence-corrected chi connectivity index (χ1v) is 7.68. The van der Waals surface area contributed by atoms with Crippen molar-refractivity contribution in [3.05, 3.63) is 0 Å². The molecule has 106 valence electrons. The van der Waals surface area contributed by atoms with Crippen molar-refractivity contribution < 1.29 is 4.79 Å². The van der Waals surface area contributed by atoms with E-state index in [1.807, 2.05) is 0 Å². The molecule has 0 aromatic heterocycles. The Morgan fingerprint density at radius 1 is 1.33 bits per heavy atom. The fraction of sp³-hybridized carbons (Fsp3) is 0.933. The number of nitrogens with one attached hydrogen (secondary N) is 1. The molecule has 0 radical (unpaired) electrons. The van der Waals surface area contributed by atoms with Gasteiger partial charge in [-0.15, -0.1) is 0 Å². The molecule has 1 saturated heterocycles. The van der Waals surface area contributed by atoms with E-state index in [1.165, 1.54) is 32.1 Å². The van der Waals surface area contributed by atoms with E-state index in [1.54, 1.807) is 0 Å². The van der Waals surface area contributed by atoms with E-state index < -0.39 is 0 Å². The second-order valence-electron chi connectivity index (χ2n) is 5.74. The summed E-state index contributed by atoms with van der Waals surface area (Å²) in [5.74, 6) is 0.342. The summed E-state index contributed by atoms with van der Waals surface area (Å²) in [5.41, 5.74) is 0. The van der Waals surface area contributed by atoms with Gasteiger partial charge < -0.3 is 10.2 Å². The van der Waals surface area contributed by atoms with Gasteiger partial charge >= 0.3 is 0 Å². The Hall–Kier alpha value is -0.570. The van der Waals surface area contributed by atoms with Crippen LogP contribution in [0.15, 0.2) is 0 Å². The molecule has 0 spiro atoms. The van der Waals surface area contributed by atoms with Crippen LogP contribution in [0.2, 0.25) is 0 Å². The van der Waals surface area contributed by atoms with Gasteiger partial charge in [0.2, 0.25) is 5.91 Å². The number of nitrogens with zero attached hydrogens (tertiary/aromatic N) is 1. The van der Waals surface area contributed by atoms with Crippen molar-refractivity contribution in [1.82, 2.24) is 10.2 Å². The van der Waals surface area contributed by atoms with Crippen molar-refractivity contribution >= 4 is 5.91 Å². The van der Waals surface area contributed by atoms with Gasteiger partial charge in [-0.3, -0.25) is 4.79 Å². The third kappa shape index (κ3) is 5.38. The van der Waals surface area contributed by atoms with Gasteiger partial charge in [-0.1, -0.05) is 26.2 Å². The third-order valence-corrected chi connectivity index (χ3v) is 3.77. The highest BCUT2D eigenvalue weighted by molar-refractivity contribution is 5.76. The van der Waals surface area contributed by atoms with Gasteiger partial charge in [0, 0.05) is 25.0 Å². The molecule has 3 heteroatoms. The molecular formula is C15H30N2O. The quantitative estimate of drug-likeness (QED) is 0.675. The normalized spacial score (nSPS) is 19.4. The van der Waals surface area contributed by atoms with Crippen LogP contribution in [-0.4, -0.2) is 36.0 Å². The standard InChI is InChI=1S/C15H30N2O/c1-4-5-6-7-10-15(18)17(13(2)3)12-14-9-8-11-16-14/h13-14,16H,4-12H2,1-3H3. The molecule has 1 unspecified atom stereocenters. The molecule has 1 amide bonds. The molecule has 0 bridgehead atoms. The summed E-state index contributed by atoms with van der Waals surface area (Å²) in [6.45, 7) is 8.46. The van der Waals surface area contributed by atoms with Gasteiger partial charge in [-0.2, -0.15) is 0 Å². The van der Waals surface area contributed by atoms with E-state index in [0.29, 0.717) is 18.0 Å². The van der Waals surface area contributed by atoms with E-state index in [2.05, 4.69) is 31.0 Å². The summed E-state index contributed by atoms with van der Waals surface area (Å²) < 4.78 is 0. The van der Waals surface area contributed by atoms with E-state index in [9.17, 15) is 4.79 Å². The highest BCUT2D eigenvalue weighted by Crippen LogP contribution is 2.12. The summed E-state index contributed by atoms with van der Waals surface area (Å²) in [6, 6.07) is 0.845. The minimum absolute atomic E-state index is 0.325. The Kier molecular flexibility index (Phi) is 7.33. The summed E-state index contributed by atoms with van der Waals surface area (Å²) in [5, 5.41) is 3.48. The lowest BCUT2D eigenvalue weighted by molar-refractivity contribution is -0.133. The average molecular weight is 254 g/mol. The molecule has 1 aliphatic heterocycles. The van der Waals surface area contributed by atoms with Crippen molar-refractivity contribution in [3.63, 3.8) is 0 Å². The second-order valence-corrected chi connectivity index (χ2v) is 5.74. The first-order chi connectivity index (χ1) is 8.65. The summed E-state index contributed by atoms with van der Waals surface area (Å²) in [7, 11) is 0. The van der Waals surface area contributed by atoms with E-state index in [4.69, 9.17) is 0 Å². The molecule has 3 nitrogen and oxygen atoms in total. The maximum atomic E-state index is 12.2. The summed E-state index contributed by atoms with van der Waals surface area (Å²) in [4.78, 5) is 14.3. The minimum atomic E-state index is 0.325. The maximum absolute atomic E-state index is 12.2. The molecule has 0 saturated carbocycles. The summed E-state index contributed by atoms with van der Waals surface area (Å²) >= 11 is 0. The molecule has 0 aromatic rings. The SMILES string of the molecule is CCCCCCC(=O)N(CC1CCCN1)C(C)C. The van der Waals surface area contributed by atoms with Crippen molar-refractivity contribution in [2.24, 2.45) is 0 Å². The zero-order chi connectivity index (χ0) is 13.4. The Bertz CT molecular complexity index is 235. The number of amides is 1. The molecule has 0 aromatic carbocycles. The zero-order valence-electron chi connectivity index (χ0n) is 12.4. The van der Waals surface area contributed by atoms with E-state index >= 15 is 0 Å². The van der Waals surface area contributed by atoms with Crippen LogP contribution in [0.5, 0.6) is 0 Å². The third-order valence-electron chi connectivity index (χ3n) is 3.77. The van der Waals surface area contributed by atoms with Crippen LogP contribution in [0, 0.1) is 0 Å². The molecule has 1 fully saturated rings. The van der Waals surface area contributed by atoms with Gasteiger partial charge in [-0.25, -0.2) is 0 Å². The first-order valence-electron chi connectivity index (χ1n) is 7.68. The molecule has 0 aliphatic carbocycles. The molecular weight excluding hydrogens is 224 g/mol. The predicted octanol–water partition coefficient (Wildman–Crippen LogP) is 2.95. The van der Waals surface area contributed by atoms with Gasteiger partial charge in [0.1, 0.15) is 0 Å². The van der Waals surface area contributed by atoms with Gasteiger partial charge in [0.25, 0.3) is 0 Å². The van der Waals surface area contributed by atoms with E-state index in [0.717, 1.165) is 25.9 Å². The number of hydrogen-bond donors (Lipinski definition) is 1. The monoisotopic (exact) mass is 254 g/mol. The predicted molar refractivity (Wildman–Crippen MR) is 76.6 cm³/mol. The van der Waals surface area contributed by atoms with Crippen LogP contribution < -0.4 is 5.32 Å². The Morgan fingerprint density at radius 3 is 2.67 bits per heavy atom. The van der Waals surface area contributed by atoms with Crippen molar-refractivity contribution in [2.75, 3.05) is 13.1 Å². The molecule has 1 atom stereocenters. The van der Waals surface area contributed by atoms with Crippen molar-refractivity contribution in [1.29, 1.82) is 0 Å². The smallest absolute Gasteiger partial charge is 0.222 e. The second kappa shape index (κ2) is 8.52. The number of hydrogen-bond acceptors (Lipinski definition) is 2. The molecule has 18 heavy (non-hydrogen) atoms. The van der Waals surface area contributed by atoms with Crippen LogP contribution in [0.3, 0.4) is 0 Å². The number of unbranched alkanes of at least 4 members (excludes halogenated alkanes) is 3.